The van der Waals surface area contributed by atoms with Crippen LogP contribution in [-0.4, -0.2) is 45.0 Å². The third kappa shape index (κ3) is 2.39. The molecule has 4 N–H and O–H groups in total. The monoisotopic (exact) mass is 438 g/mol. The maximum Gasteiger partial charge on any atom is 0.278 e. The lowest BCUT2D eigenvalue weighted by Crippen LogP contribution is -2.49. The molecule has 0 bridgehead atoms. The number of aliphatic hydroxyl groups excluding tert-OH is 1. The summed E-state index contributed by atoms with van der Waals surface area (Å²) in [5.74, 6) is -0.227. The fraction of sp³-hybridized carbons (Fsp3) is 0.231. The molecule has 7 nitrogen and oxygen atoms in total. The van der Waals surface area contributed by atoms with Crippen molar-refractivity contribution >= 4 is 55.7 Å². The number of para-hydroxylation sites is 2. The Balaban J connectivity index is 1.70. The zero-order valence-corrected chi connectivity index (χ0v) is 17.9. The molecule has 0 radical (unpaired) electrons. The number of nitrogens with one attached hydrogen (secondary N) is 1. The summed E-state index contributed by atoms with van der Waals surface area (Å²) in [5.41, 5.74) is 11.6. The van der Waals surface area contributed by atoms with E-state index in [4.69, 9.17) is 10.5 Å². The van der Waals surface area contributed by atoms with Crippen LogP contribution < -0.4 is 5.73 Å². The van der Waals surface area contributed by atoms with Crippen LogP contribution in [-0.2, 0) is 4.74 Å². The summed E-state index contributed by atoms with van der Waals surface area (Å²) in [4.78, 5) is 20.8. The van der Waals surface area contributed by atoms with Crippen LogP contribution in [0.2, 0.25) is 0 Å². The van der Waals surface area contributed by atoms with Gasteiger partial charge in [0.1, 0.15) is 6.23 Å². The average molecular weight is 438 g/mol. The molecule has 0 unspecified atom stereocenters. The lowest BCUT2D eigenvalue weighted by Gasteiger charge is -2.37. The number of aromatic amines is 1. The van der Waals surface area contributed by atoms with Gasteiger partial charge >= 0.3 is 0 Å². The Morgan fingerprint density at radius 1 is 1.12 bits per heavy atom. The van der Waals surface area contributed by atoms with E-state index in [0.29, 0.717) is 12.0 Å². The van der Waals surface area contributed by atoms with E-state index in [1.54, 1.807) is 6.21 Å². The number of nitrogens with two attached hydrogens (primary N) is 1. The molecule has 1 amide bonds. The van der Waals surface area contributed by atoms with Crippen molar-refractivity contribution < 1.29 is 14.6 Å². The fourth-order valence-corrected chi connectivity index (χ4v) is 5.73. The number of carbonyl (C=O) groups is 1. The molecule has 2 aliphatic heterocycles. The van der Waals surface area contributed by atoms with Crippen LogP contribution in [0.4, 0.5) is 0 Å². The minimum absolute atomic E-state index is 0.227. The molecule has 4 atom stereocenters. The van der Waals surface area contributed by atoms with E-state index in [1.807, 2.05) is 49.4 Å². The Labute approximate surface area is 188 Å². The fourth-order valence-electron chi connectivity index (χ4n) is 5.73. The maximum absolute atomic E-state index is 13.1. The van der Waals surface area contributed by atoms with Crippen molar-refractivity contribution in [3.8, 4) is 0 Å². The largest absolute Gasteiger partial charge is 0.389 e. The summed E-state index contributed by atoms with van der Waals surface area (Å²) in [6.07, 6.45) is 0.639. The van der Waals surface area contributed by atoms with E-state index >= 15 is 0 Å². The molecule has 3 aromatic carbocycles. The number of amides is 1. The van der Waals surface area contributed by atoms with Gasteiger partial charge in [0, 0.05) is 51.3 Å². The number of carbonyl (C=O) groups excluding carboxylic acids is 1. The molecule has 0 spiro atoms. The number of benzene rings is 3. The molecule has 4 heterocycles. The summed E-state index contributed by atoms with van der Waals surface area (Å²) in [5, 5.41) is 14.3. The number of aromatic nitrogens is 2. The predicted molar refractivity (Wildman–Crippen MR) is 129 cm³/mol. The molecule has 0 saturated carbocycles. The quantitative estimate of drug-likeness (QED) is 0.368. The van der Waals surface area contributed by atoms with Crippen molar-refractivity contribution in [1.29, 1.82) is 0 Å². The second-order valence-corrected chi connectivity index (χ2v) is 9.07. The predicted octanol–water partition coefficient (Wildman–Crippen LogP) is 4.00. The number of aliphatic hydroxyl groups is 1. The Morgan fingerprint density at radius 2 is 1.88 bits per heavy atom. The van der Waals surface area contributed by atoms with E-state index in [-0.39, 0.29) is 12.1 Å². The number of aliphatic imine (C=N–C) groups is 1. The smallest absolute Gasteiger partial charge is 0.278 e. The Hall–Kier alpha value is -3.52. The molecule has 0 aliphatic carbocycles. The second-order valence-electron chi connectivity index (χ2n) is 9.07. The molecule has 1 fully saturated rings. The van der Waals surface area contributed by atoms with Gasteiger partial charge in [0.05, 0.1) is 34.3 Å². The Bertz CT molecular complexity index is 1650. The first-order chi connectivity index (χ1) is 16.0. The summed E-state index contributed by atoms with van der Waals surface area (Å²) >= 11 is 0. The van der Waals surface area contributed by atoms with Crippen molar-refractivity contribution in [2.45, 2.75) is 37.8 Å². The van der Waals surface area contributed by atoms with Gasteiger partial charge in [-0.25, -0.2) is 4.99 Å². The topological polar surface area (TPSA) is 106 Å². The molecule has 33 heavy (non-hydrogen) atoms. The van der Waals surface area contributed by atoms with Crippen molar-refractivity contribution in [2.24, 2.45) is 10.7 Å². The molecule has 2 aliphatic rings. The van der Waals surface area contributed by atoms with Crippen molar-refractivity contribution in [1.82, 2.24) is 9.55 Å². The number of hydrogen-bond acceptors (Lipinski definition) is 4. The number of hydrogen-bond donors (Lipinski definition) is 3. The van der Waals surface area contributed by atoms with Crippen molar-refractivity contribution in [2.75, 3.05) is 0 Å². The first kappa shape index (κ1) is 19.0. The highest BCUT2D eigenvalue weighted by molar-refractivity contribution is 6.35. The summed E-state index contributed by atoms with van der Waals surface area (Å²) in [7, 11) is 0. The van der Waals surface area contributed by atoms with Crippen LogP contribution in [0.25, 0.3) is 43.6 Å². The van der Waals surface area contributed by atoms with E-state index in [1.165, 1.54) is 0 Å². The third-order valence-corrected chi connectivity index (χ3v) is 7.22. The summed E-state index contributed by atoms with van der Waals surface area (Å²) in [6, 6.07) is 15.7. The van der Waals surface area contributed by atoms with Crippen molar-refractivity contribution in [3.05, 3.63) is 59.7 Å². The minimum Gasteiger partial charge on any atom is -0.389 e. The van der Waals surface area contributed by atoms with Crippen LogP contribution in [0, 0.1) is 0 Å². The van der Waals surface area contributed by atoms with E-state index in [2.05, 4.69) is 20.6 Å². The molecule has 5 aromatic rings. The number of ether oxygens (including phenoxy) is 1. The van der Waals surface area contributed by atoms with Crippen LogP contribution in [0.5, 0.6) is 0 Å². The standard InChI is InChI=1S/C26H22N4O3/c1-12-25(31)16(27)10-19(33-12)30-18-9-5-3-7-14(18)21-22-15(11-28-26(22)32)20-13-6-2-4-8-17(13)29-23(20)24(21)30/h2-9,11-12,16,19,25,29,31H,10,27H2,1H3/t12-,16+,19+,25-/m0/s1. The number of fused-ring (bicyclic) bond motifs is 10. The molecule has 2 aromatic heterocycles. The Kier molecular flexibility index (Phi) is 3.75. The normalized spacial score (nSPS) is 25.1. The van der Waals surface area contributed by atoms with E-state index in [0.717, 1.165) is 49.2 Å². The molecule has 1 saturated heterocycles. The van der Waals surface area contributed by atoms with Crippen molar-refractivity contribution in [3.63, 3.8) is 0 Å². The van der Waals surface area contributed by atoms with Gasteiger partial charge in [-0.1, -0.05) is 36.4 Å². The van der Waals surface area contributed by atoms with Gasteiger partial charge in [0.25, 0.3) is 5.91 Å². The summed E-state index contributed by atoms with van der Waals surface area (Å²) < 4.78 is 8.45. The first-order valence-corrected chi connectivity index (χ1v) is 11.2. The summed E-state index contributed by atoms with van der Waals surface area (Å²) in [6.45, 7) is 1.85. The molecular weight excluding hydrogens is 416 g/mol. The second kappa shape index (κ2) is 6.51. The third-order valence-electron chi connectivity index (χ3n) is 7.22. The van der Waals surface area contributed by atoms with Gasteiger partial charge in [0.15, 0.2) is 0 Å². The highest BCUT2D eigenvalue weighted by Gasteiger charge is 2.37. The van der Waals surface area contributed by atoms with Crippen LogP contribution in [0.1, 0.15) is 35.5 Å². The number of H-pyrrole nitrogens is 1. The highest BCUT2D eigenvalue weighted by Crippen LogP contribution is 2.45. The lowest BCUT2D eigenvalue weighted by atomic mass is 9.96. The SMILES string of the molecule is C[C@@H]1O[C@@H](n2c3ccccc3c3c4c(c5c6ccccc6[nH]c5c32)C=NC4=O)C[C@@H](N)[C@H]1O. The molecule has 164 valence electrons. The van der Waals surface area contributed by atoms with Crippen LogP contribution >= 0.6 is 0 Å². The van der Waals surface area contributed by atoms with Gasteiger partial charge in [-0.2, -0.15) is 0 Å². The van der Waals surface area contributed by atoms with Crippen LogP contribution in [0.3, 0.4) is 0 Å². The van der Waals surface area contributed by atoms with Gasteiger partial charge < -0.3 is 25.1 Å². The maximum atomic E-state index is 13.1. The van der Waals surface area contributed by atoms with Gasteiger partial charge in [-0.3, -0.25) is 4.79 Å². The van der Waals surface area contributed by atoms with Gasteiger partial charge in [-0.05, 0) is 19.1 Å². The number of rotatable bonds is 1. The molecule has 7 rings (SSSR count). The van der Waals surface area contributed by atoms with E-state index in [9.17, 15) is 9.90 Å². The van der Waals surface area contributed by atoms with Gasteiger partial charge in [0.2, 0.25) is 0 Å². The zero-order valence-electron chi connectivity index (χ0n) is 17.9. The van der Waals surface area contributed by atoms with Gasteiger partial charge in [-0.15, -0.1) is 0 Å². The first-order valence-electron chi connectivity index (χ1n) is 11.2. The number of nitrogens with zero attached hydrogens (tertiary/aromatic N) is 2. The lowest BCUT2D eigenvalue weighted by molar-refractivity contribution is -0.142. The molecule has 7 heteroatoms. The average Bonchev–Trinajstić information content (AvgIpc) is 3.48. The molecular formula is C26H22N4O3. The minimum atomic E-state index is -0.721. The zero-order chi connectivity index (χ0) is 22.4. The Morgan fingerprint density at radius 3 is 2.70 bits per heavy atom. The van der Waals surface area contributed by atoms with Crippen LogP contribution in [0.15, 0.2) is 53.5 Å². The van der Waals surface area contributed by atoms with E-state index < -0.39 is 18.2 Å². The highest BCUT2D eigenvalue weighted by atomic mass is 16.5.